The third kappa shape index (κ3) is 3.37. The van der Waals surface area contributed by atoms with Gasteiger partial charge in [-0.3, -0.25) is 14.6 Å². The van der Waals surface area contributed by atoms with Crippen LogP contribution in [0.15, 0.2) is 10.7 Å². The Morgan fingerprint density at radius 3 is 2.75 bits per heavy atom. The molecule has 0 radical (unpaired) electrons. The molecular weight excluding hydrogens is 266 g/mol. The van der Waals surface area contributed by atoms with Crippen LogP contribution in [0.2, 0.25) is 0 Å². The van der Waals surface area contributed by atoms with E-state index in [1.54, 1.807) is 18.0 Å². The maximum atomic E-state index is 11.6. The van der Waals surface area contributed by atoms with Crippen LogP contribution in [0.1, 0.15) is 13.8 Å². The van der Waals surface area contributed by atoms with Crippen molar-refractivity contribution in [2.24, 2.45) is 0 Å². The summed E-state index contributed by atoms with van der Waals surface area (Å²) in [5.74, 6) is 0.0609. The minimum atomic E-state index is -0.295. The minimum Gasteiger partial charge on any atom is -0.450 e. The number of ether oxygens (including phenoxy) is 1. The van der Waals surface area contributed by atoms with Gasteiger partial charge in [-0.05, 0) is 6.92 Å². The molecule has 1 fully saturated rings. The van der Waals surface area contributed by atoms with E-state index in [1.165, 1.54) is 11.7 Å². The minimum absolute atomic E-state index is 0.222. The summed E-state index contributed by atoms with van der Waals surface area (Å²) in [4.78, 5) is 25.6. The van der Waals surface area contributed by atoms with E-state index in [1.807, 2.05) is 5.01 Å². The average molecular weight is 284 g/mol. The second-order valence-electron chi connectivity index (χ2n) is 4.31. The SMILES string of the molecule is CCOC(=O)N1CCN([n+]2cc(NC(C)=O)on2)CC1. The van der Waals surface area contributed by atoms with Gasteiger partial charge in [-0.1, -0.05) is 0 Å². The number of carbonyl (C=O) groups is 2. The molecule has 0 atom stereocenters. The van der Waals surface area contributed by atoms with Crippen LogP contribution in [0.25, 0.3) is 0 Å². The molecular formula is C11H18N5O4+. The second-order valence-corrected chi connectivity index (χ2v) is 4.31. The Hall–Kier alpha value is -2.32. The number of hydrogen-bond donors (Lipinski definition) is 1. The van der Waals surface area contributed by atoms with E-state index in [-0.39, 0.29) is 17.9 Å². The molecule has 2 rings (SSSR count). The van der Waals surface area contributed by atoms with Crippen molar-refractivity contribution in [2.45, 2.75) is 13.8 Å². The van der Waals surface area contributed by atoms with Crippen LogP contribution < -0.4 is 15.1 Å². The van der Waals surface area contributed by atoms with Crippen molar-refractivity contribution < 1.29 is 23.6 Å². The van der Waals surface area contributed by atoms with Crippen molar-refractivity contribution in [3.8, 4) is 0 Å². The second kappa shape index (κ2) is 6.22. The molecule has 0 aromatic carbocycles. The van der Waals surface area contributed by atoms with Crippen LogP contribution in [0, 0.1) is 0 Å². The van der Waals surface area contributed by atoms with Crippen LogP contribution in [-0.4, -0.2) is 55.0 Å². The highest BCUT2D eigenvalue weighted by Crippen LogP contribution is 2.03. The van der Waals surface area contributed by atoms with E-state index < -0.39 is 0 Å². The van der Waals surface area contributed by atoms with Crippen molar-refractivity contribution >= 4 is 17.9 Å². The smallest absolute Gasteiger partial charge is 0.409 e. The molecule has 0 saturated carbocycles. The highest BCUT2D eigenvalue weighted by Gasteiger charge is 2.28. The van der Waals surface area contributed by atoms with Crippen LogP contribution >= 0.6 is 0 Å². The molecule has 1 aromatic rings. The van der Waals surface area contributed by atoms with Gasteiger partial charge in [-0.25, -0.2) is 4.79 Å². The van der Waals surface area contributed by atoms with Crippen LogP contribution in [0.3, 0.4) is 0 Å². The Labute approximate surface area is 116 Å². The highest BCUT2D eigenvalue weighted by molar-refractivity contribution is 5.86. The fourth-order valence-corrected chi connectivity index (χ4v) is 1.90. The molecule has 0 bridgehead atoms. The fraction of sp³-hybridized carbons (Fsp3) is 0.636. The van der Waals surface area contributed by atoms with Gasteiger partial charge in [0.15, 0.2) is 0 Å². The van der Waals surface area contributed by atoms with Crippen LogP contribution in [0.4, 0.5) is 10.7 Å². The largest absolute Gasteiger partial charge is 0.450 e. The van der Waals surface area contributed by atoms with E-state index in [0.717, 1.165) is 0 Å². The third-order valence-corrected chi connectivity index (χ3v) is 2.83. The zero-order valence-electron chi connectivity index (χ0n) is 11.5. The summed E-state index contributed by atoms with van der Waals surface area (Å²) in [6, 6.07) is 0. The van der Waals surface area contributed by atoms with E-state index in [4.69, 9.17) is 9.26 Å². The Balaban J connectivity index is 1.88. The van der Waals surface area contributed by atoms with Gasteiger partial charge in [-0.2, -0.15) is 0 Å². The summed E-state index contributed by atoms with van der Waals surface area (Å²) in [5.41, 5.74) is 0. The first-order chi connectivity index (χ1) is 9.60. The van der Waals surface area contributed by atoms with Gasteiger partial charge in [0.05, 0.1) is 24.5 Å². The molecule has 1 N–H and O–H groups in total. The number of amides is 2. The van der Waals surface area contributed by atoms with Gasteiger partial charge in [0.1, 0.15) is 0 Å². The maximum absolute atomic E-state index is 11.6. The van der Waals surface area contributed by atoms with Crippen molar-refractivity contribution in [2.75, 3.05) is 43.1 Å². The molecule has 9 nitrogen and oxygen atoms in total. The molecule has 0 spiro atoms. The van der Waals surface area contributed by atoms with E-state index in [2.05, 4.69) is 10.6 Å². The lowest BCUT2D eigenvalue weighted by Crippen LogP contribution is -2.65. The summed E-state index contributed by atoms with van der Waals surface area (Å²) in [6.45, 7) is 5.86. The van der Waals surface area contributed by atoms with Gasteiger partial charge < -0.3 is 9.64 Å². The first-order valence-electron chi connectivity index (χ1n) is 6.43. The molecule has 110 valence electrons. The number of nitrogens with zero attached hydrogens (tertiary/aromatic N) is 4. The van der Waals surface area contributed by atoms with Gasteiger partial charge in [0.25, 0.3) is 6.20 Å². The maximum Gasteiger partial charge on any atom is 0.409 e. The van der Waals surface area contributed by atoms with E-state index in [0.29, 0.717) is 32.8 Å². The Morgan fingerprint density at radius 1 is 1.45 bits per heavy atom. The summed E-state index contributed by atoms with van der Waals surface area (Å²) >= 11 is 0. The fourth-order valence-electron chi connectivity index (χ4n) is 1.90. The molecule has 0 unspecified atom stereocenters. The first kappa shape index (κ1) is 14.1. The molecule has 0 aliphatic carbocycles. The number of nitrogens with one attached hydrogen (secondary N) is 1. The van der Waals surface area contributed by atoms with Crippen molar-refractivity contribution in [1.82, 2.24) is 10.2 Å². The Bertz CT molecular complexity index is 481. The topological polar surface area (TPSA) is 91.8 Å². The number of rotatable bonds is 3. The standard InChI is InChI=1S/C11H17N5O4/c1-3-19-11(18)14-4-6-15(7-5-14)16-8-10(20-13-16)12-9(2)17/h8H,3-7H2,1-2H3/p+1. The molecule has 1 aromatic heterocycles. The summed E-state index contributed by atoms with van der Waals surface area (Å²) in [6.07, 6.45) is 1.29. The van der Waals surface area contributed by atoms with Gasteiger partial charge >= 0.3 is 12.0 Å². The van der Waals surface area contributed by atoms with E-state index >= 15 is 0 Å². The molecule has 2 amide bonds. The predicted octanol–water partition coefficient (Wildman–Crippen LogP) is -0.669. The number of piperazine rings is 1. The van der Waals surface area contributed by atoms with Gasteiger partial charge in [0.2, 0.25) is 11.2 Å². The quantitative estimate of drug-likeness (QED) is 0.740. The first-order valence-corrected chi connectivity index (χ1v) is 6.43. The van der Waals surface area contributed by atoms with E-state index in [9.17, 15) is 9.59 Å². The normalized spacial score (nSPS) is 15.1. The Morgan fingerprint density at radius 2 is 2.15 bits per heavy atom. The molecule has 9 heteroatoms. The monoisotopic (exact) mass is 284 g/mol. The highest BCUT2D eigenvalue weighted by atomic mass is 16.6. The lowest BCUT2D eigenvalue weighted by Gasteiger charge is -2.29. The molecule has 1 aliphatic heterocycles. The molecule has 20 heavy (non-hydrogen) atoms. The lowest BCUT2D eigenvalue weighted by molar-refractivity contribution is -0.759. The molecule has 1 aliphatic rings. The molecule has 2 heterocycles. The summed E-state index contributed by atoms with van der Waals surface area (Å²) in [5, 5.41) is 8.23. The predicted molar refractivity (Wildman–Crippen MR) is 67.5 cm³/mol. The average Bonchev–Trinajstić information content (AvgIpc) is 2.87. The number of aromatic nitrogens is 2. The van der Waals surface area contributed by atoms with Crippen molar-refractivity contribution in [3.63, 3.8) is 0 Å². The van der Waals surface area contributed by atoms with Gasteiger partial charge in [-0.15, -0.1) is 5.01 Å². The zero-order chi connectivity index (χ0) is 14.5. The summed E-state index contributed by atoms with van der Waals surface area (Å²) < 4.78 is 9.93. The van der Waals surface area contributed by atoms with Gasteiger partial charge in [0, 0.05) is 20.0 Å². The molecule has 1 saturated heterocycles. The zero-order valence-corrected chi connectivity index (χ0v) is 11.5. The lowest BCUT2D eigenvalue weighted by atomic mass is 10.4. The Kier molecular flexibility index (Phi) is 4.38. The van der Waals surface area contributed by atoms with Crippen LogP contribution in [0.5, 0.6) is 0 Å². The third-order valence-electron chi connectivity index (χ3n) is 2.83. The van der Waals surface area contributed by atoms with Crippen molar-refractivity contribution in [3.05, 3.63) is 6.20 Å². The summed E-state index contributed by atoms with van der Waals surface area (Å²) in [7, 11) is 0. The number of anilines is 1. The van der Waals surface area contributed by atoms with Crippen molar-refractivity contribution in [1.29, 1.82) is 0 Å². The number of carbonyl (C=O) groups excluding carboxylic acids is 2. The van der Waals surface area contributed by atoms with Crippen LogP contribution in [-0.2, 0) is 9.53 Å². The number of hydrogen-bond acceptors (Lipinski definition) is 6.